The number of hydrogen-bond donors (Lipinski definition) is 0. The van der Waals surface area contributed by atoms with E-state index in [0.717, 1.165) is 11.2 Å². The Morgan fingerprint density at radius 2 is 1.38 bits per heavy atom. The van der Waals surface area contributed by atoms with Crippen LogP contribution < -0.4 is 29.6 Å². The smallest absolute Gasteiger partial charge is 0.167 e. The SMILES string of the molecule is [BH3-]C(C)(C)C(C)C.[Na+]. The quantitative estimate of drug-likeness (QED) is 0.360. The van der Waals surface area contributed by atoms with Crippen molar-refractivity contribution >= 4 is 7.85 Å². The standard InChI is InChI=1S/C6H16B.Na/c1-5(2)6(3,4)7;/h5H,1-4,7H3;/q-1;+1. The van der Waals surface area contributed by atoms with Crippen molar-refractivity contribution in [3.05, 3.63) is 0 Å². The largest absolute Gasteiger partial charge is 1.00 e. The molecule has 0 aliphatic carbocycles. The van der Waals surface area contributed by atoms with Crippen LogP contribution in [-0.4, -0.2) is 7.85 Å². The average molecular weight is 122 g/mol. The van der Waals surface area contributed by atoms with Crippen LogP contribution in [0.25, 0.3) is 0 Å². The third-order valence-electron chi connectivity index (χ3n) is 1.15. The second kappa shape index (κ2) is 3.97. The fraction of sp³-hybridized carbons (Fsp3) is 1.00. The maximum atomic E-state index is 2.37. The van der Waals surface area contributed by atoms with Gasteiger partial charge in [-0.15, -0.1) is 0 Å². The van der Waals surface area contributed by atoms with Crippen LogP contribution in [0.2, 0.25) is 5.31 Å². The minimum Gasteiger partial charge on any atom is -0.167 e. The topological polar surface area (TPSA) is 0 Å². The maximum Gasteiger partial charge on any atom is 1.00 e. The molecular formula is C6H16BNa. The molecule has 8 heavy (non-hydrogen) atoms. The monoisotopic (exact) mass is 122 g/mol. The molecule has 0 amide bonds. The zero-order valence-corrected chi connectivity index (χ0v) is 8.08. The summed E-state index contributed by atoms with van der Waals surface area (Å²) in [7, 11) is 0.553. The van der Waals surface area contributed by atoms with Gasteiger partial charge in [-0.3, -0.25) is 0 Å². The molecule has 0 aromatic carbocycles. The van der Waals surface area contributed by atoms with E-state index in [-0.39, 0.29) is 29.6 Å². The van der Waals surface area contributed by atoms with Gasteiger partial charge in [-0.2, -0.15) is 5.31 Å². The summed E-state index contributed by atoms with van der Waals surface area (Å²) < 4.78 is 0. The molecule has 0 rings (SSSR count). The Labute approximate surface area is 76.1 Å². The van der Waals surface area contributed by atoms with Crippen LogP contribution in [0.1, 0.15) is 27.7 Å². The Morgan fingerprint density at radius 1 is 1.25 bits per heavy atom. The fourth-order valence-corrected chi connectivity index (χ4v) is 0. The van der Waals surface area contributed by atoms with Crippen molar-refractivity contribution < 1.29 is 29.6 Å². The Balaban J connectivity index is 0. The molecule has 0 N–H and O–H groups in total. The van der Waals surface area contributed by atoms with Gasteiger partial charge in [0.1, 0.15) is 0 Å². The molecule has 0 atom stereocenters. The van der Waals surface area contributed by atoms with Gasteiger partial charge in [0, 0.05) is 0 Å². The first-order chi connectivity index (χ1) is 2.94. The van der Waals surface area contributed by atoms with Crippen molar-refractivity contribution in [3.63, 3.8) is 0 Å². The third kappa shape index (κ3) is 5.21. The minimum absolute atomic E-state index is 0. The van der Waals surface area contributed by atoms with Gasteiger partial charge in [-0.1, -0.05) is 33.6 Å². The van der Waals surface area contributed by atoms with Crippen LogP contribution in [0.3, 0.4) is 0 Å². The molecule has 0 spiro atoms. The van der Waals surface area contributed by atoms with Gasteiger partial charge in [0.2, 0.25) is 0 Å². The second-order valence-corrected chi connectivity index (χ2v) is 2.23. The Bertz CT molecular complexity index is 54.0. The van der Waals surface area contributed by atoms with Crippen LogP contribution in [0, 0.1) is 5.92 Å². The first-order valence-corrected chi connectivity index (χ1v) is 2.44. The van der Waals surface area contributed by atoms with Crippen molar-refractivity contribution in [2.24, 2.45) is 5.92 Å². The van der Waals surface area contributed by atoms with E-state index in [1.165, 1.54) is 0 Å². The van der Waals surface area contributed by atoms with Crippen LogP contribution >= 0.6 is 0 Å². The van der Waals surface area contributed by atoms with Gasteiger partial charge >= 0.3 is 29.6 Å². The first-order valence-electron chi connectivity index (χ1n) is 2.44. The van der Waals surface area contributed by atoms with Crippen molar-refractivity contribution in [1.82, 2.24) is 0 Å². The molecule has 0 aliphatic rings. The molecule has 44 valence electrons. The van der Waals surface area contributed by atoms with E-state index in [9.17, 15) is 0 Å². The molecule has 0 saturated carbocycles. The molecule has 2 heteroatoms. The summed E-state index contributed by atoms with van der Waals surface area (Å²) >= 11 is 0. The zero-order chi connectivity index (χ0) is 6.08. The summed E-state index contributed by atoms with van der Waals surface area (Å²) in [5.41, 5.74) is 0. The van der Waals surface area contributed by atoms with Gasteiger partial charge in [-0.05, 0) is 7.85 Å². The van der Waals surface area contributed by atoms with E-state index in [1.54, 1.807) is 0 Å². The maximum absolute atomic E-state index is 2.37. The van der Waals surface area contributed by atoms with Gasteiger partial charge < -0.3 is 0 Å². The van der Waals surface area contributed by atoms with Gasteiger partial charge in [0.25, 0.3) is 0 Å². The first kappa shape index (κ1) is 11.8. The normalized spacial score (nSPS) is 11.2. The summed E-state index contributed by atoms with van der Waals surface area (Å²) in [6.07, 6.45) is 0. The van der Waals surface area contributed by atoms with Crippen molar-refractivity contribution in [2.45, 2.75) is 33.0 Å². The molecule has 0 nitrogen and oxygen atoms in total. The molecule has 0 heterocycles. The van der Waals surface area contributed by atoms with Crippen molar-refractivity contribution in [3.8, 4) is 0 Å². The zero-order valence-electron chi connectivity index (χ0n) is 6.08. The van der Waals surface area contributed by atoms with Crippen LogP contribution in [0.5, 0.6) is 0 Å². The predicted octanol–water partition coefficient (Wildman–Crippen LogP) is -1.79. The van der Waals surface area contributed by atoms with E-state index in [2.05, 4.69) is 27.7 Å². The Hall–Kier alpha value is 1.06. The van der Waals surface area contributed by atoms with E-state index < -0.39 is 0 Å². The van der Waals surface area contributed by atoms with Crippen molar-refractivity contribution in [1.29, 1.82) is 0 Å². The molecular weight excluding hydrogens is 106 g/mol. The van der Waals surface area contributed by atoms with Gasteiger partial charge in [0.15, 0.2) is 0 Å². The molecule has 0 fully saturated rings. The molecule has 0 saturated heterocycles. The summed E-state index contributed by atoms with van der Waals surface area (Å²) in [6.45, 7) is 9.37. The van der Waals surface area contributed by atoms with E-state index in [0.29, 0.717) is 7.85 Å². The average Bonchev–Trinajstić information content (AvgIpc) is 1.31. The molecule has 0 aromatic heterocycles. The molecule has 0 aromatic rings. The summed E-state index contributed by atoms with van der Waals surface area (Å²) in [4.78, 5) is 0. The van der Waals surface area contributed by atoms with Crippen LogP contribution in [-0.2, 0) is 0 Å². The van der Waals surface area contributed by atoms with Gasteiger partial charge in [-0.25, -0.2) is 0 Å². The van der Waals surface area contributed by atoms with Crippen LogP contribution in [0.4, 0.5) is 0 Å². The number of rotatable bonds is 1. The molecule has 0 radical (unpaired) electrons. The van der Waals surface area contributed by atoms with E-state index in [4.69, 9.17) is 0 Å². The molecule has 0 bridgehead atoms. The van der Waals surface area contributed by atoms with E-state index >= 15 is 0 Å². The minimum atomic E-state index is 0. The second-order valence-electron chi connectivity index (χ2n) is 2.23. The van der Waals surface area contributed by atoms with Crippen molar-refractivity contribution in [2.75, 3.05) is 0 Å². The molecule has 0 aliphatic heterocycles. The third-order valence-corrected chi connectivity index (χ3v) is 1.15. The Kier molecular flexibility index (Phi) is 5.87. The predicted molar refractivity (Wildman–Crippen MR) is 38.8 cm³/mol. The summed E-state index contributed by atoms with van der Waals surface area (Å²) in [5, 5.41) is 0.750. The van der Waals surface area contributed by atoms with E-state index in [1.807, 2.05) is 0 Å². The Morgan fingerprint density at radius 3 is 1.38 bits per heavy atom. The summed E-state index contributed by atoms with van der Waals surface area (Å²) in [5.74, 6) is 0.910. The molecule has 0 unspecified atom stereocenters. The summed E-state index contributed by atoms with van der Waals surface area (Å²) in [6, 6.07) is 0. The number of hydrogen-bond acceptors (Lipinski definition) is 0. The van der Waals surface area contributed by atoms with Gasteiger partial charge in [0.05, 0.1) is 0 Å². The fourth-order valence-electron chi connectivity index (χ4n) is 0. The van der Waals surface area contributed by atoms with Crippen LogP contribution in [0.15, 0.2) is 0 Å².